The maximum Gasteiger partial charge on any atom is 0.343 e. The summed E-state index contributed by atoms with van der Waals surface area (Å²) in [4.78, 5) is 39.4. The van der Waals surface area contributed by atoms with Gasteiger partial charge in [-0.15, -0.1) is 0 Å². The third-order valence-electron chi connectivity index (χ3n) is 5.70. The smallest absolute Gasteiger partial charge is 0.343 e. The van der Waals surface area contributed by atoms with Crippen molar-refractivity contribution in [3.63, 3.8) is 0 Å². The van der Waals surface area contributed by atoms with Crippen molar-refractivity contribution in [3.8, 4) is 5.75 Å². The molecule has 3 aromatic carbocycles. The van der Waals surface area contributed by atoms with Gasteiger partial charge in [0.15, 0.2) is 0 Å². The number of aryl methyl sites for hydroxylation is 2. The van der Waals surface area contributed by atoms with Gasteiger partial charge in [-0.05, 0) is 66.4 Å². The number of rotatable bonds is 8. The normalized spacial score (nSPS) is 13.4. The zero-order valence-electron chi connectivity index (χ0n) is 19.5. The quantitative estimate of drug-likeness (QED) is 0.244. The van der Waals surface area contributed by atoms with Crippen molar-refractivity contribution >= 4 is 40.8 Å². The van der Waals surface area contributed by atoms with Crippen molar-refractivity contribution in [1.82, 2.24) is 0 Å². The fourth-order valence-electron chi connectivity index (χ4n) is 3.87. The third-order valence-corrected chi connectivity index (χ3v) is 6.05. The van der Waals surface area contributed by atoms with Gasteiger partial charge in [-0.3, -0.25) is 9.59 Å². The minimum atomic E-state index is -0.579. The van der Waals surface area contributed by atoms with E-state index in [0.29, 0.717) is 29.1 Å². The molecule has 0 aliphatic carbocycles. The monoisotopic (exact) mass is 488 g/mol. The molecule has 0 unspecified atom stereocenters. The molecule has 3 aromatic rings. The van der Waals surface area contributed by atoms with E-state index in [-0.39, 0.29) is 10.7 Å². The van der Waals surface area contributed by atoms with Crippen molar-refractivity contribution < 1.29 is 19.1 Å². The van der Waals surface area contributed by atoms with Crippen LogP contribution in [0.5, 0.6) is 5.75 Å². The van der Waals surface area contributed by atoms with E-state index in [1.54, 1.807) is 48.5 Å². The van der Waals surface area contributed by atoms with Gasteiger partial charge in [-0.2, -0.15) is 0 Å². The van der Waals surface area contributed by atoms with Gasteiger partial charge in [0.05, 0.1) is 11.3 Å². The van der Waals surface area contributed by atoms with Crippen LogP contribution < -0.4 is 15.0 Å². The fourth-order valence-corrected chi connectivity index (χ4v) is 4.08. The highest BCUT2D eigenvalue weighted by Gasteiger charge is 2.39. The van der Waals surface area contributed by atoms with E-state index in [1.807, 2.05) is 31.2 Å². The first-order valence-corrected chi connectivity index (χ1v) is 11.8. The Balaban J connectivity index is 1.45. The van der Waals surface area contributed by atoms with Crippen molar-refractivity contribution in [2.24, 2.45) is 0 Å². The van der Waals surface area contributed by atoms with Crippen molar-refractivity contribution in [3.05, 3.63) is 100 Å². The summed E-state index contributed by atoms with van der Waals surface area (Å²) in [6.45, 7) is 4.06. The highest BCUT2D eigenvalue weighted by Crippen LogP contribution is 2.32. The third kappa shape index (κ3) is 5.12. The van der Waals surface area contributed by atoms with Crippen LogP contribution in [0, 0.1) is 0 Å². The molecular formula is C28H25ClN2O4. The molecule has 35 heavy (non-hydrogen) atoms. The Bertz CT molecular complexity index is 1300. The summed E-state index contributed by atoms with van der Waals surface area (Å²) < 4.78 is 5.44. The number of amides is 2. The standard InChI is InChI=1S/C28H25ClN2O4/c1-3-7-18-10-16-22(17-11-18)35-28(34)20-12-14-21(15-13-20)30-25-24(29)26(32)31(27(25)33)23-9-6-5-8-19(23)4-2/h5-6,8-17,30H,3-4,7H2,1-2H3. The first-order valence-electron chi connectivity index (χ1n) is 11.5. The Kier molecular flexibility index (Phi) is 7.32. The van der Waals surface area contributed by atoms with E-state index in [0.717, 1.165) is 23.3 Å². The van der Waals surface area contributed by atoms with Gasteiger partial charge in [0.2, 0.25) is 0 Å². The molecule has 0 saturated heterocycles. The molecule has 0 spiro atoms. The number of esters is 1. The van der Waals surface area contributed by atoms with Crippen LogP contribution >= 0.6 is 11.6 Å². The van der Waals surface area contributed by atoms with Crippen molar-refractivity contribution in [2.75, 3.05) is 10.2 Å². The van der Waals surface area contributed by atoms with Gasteiger partial charge < -0.3 is 10.1 Å². The van der Waals surface area contributed by atoms with E-state index in [1.165, 1.54) is 5.56 Å². The van der Waals surface area contributed by atoms with Crippen LogP contribution in [0.1, 0.15) is 41.8 Å². The summed E-state index contributed by atoms with van der Waals surface area (Å²) in [6.07, 6.45) is 2.68. The molecule has 0 saturated carbocycles. The number of para-hydroxylation sites is 1. The molecule has 0 aromatic heterocycles. The number of nitrogens with zero attached hydrogens (tertiary/aromatic N) is 1. The lowest BCUT2D eigenvalue weighted by molar-refractivity contribution is -0.120. The summed E-state index contributed by atoms with van der Waals surface area (Å²) in [5.41, 5.74) is 3.41. The predicted octanol–water partition coefficient (Wildman–Crippen LogP) is 5.86. The number of benzene rings is 3. The lowest BCUT2D eigenvalue weighted by Gasteiger charge is -2.18. The summed E-state index contributed by atoms with van der Waals surface area (Å²) in [6, 6.07) is 21.1. The van der Waals surface area contributed by atoms with Gasteiger partial charge in [-0.1, -0.05) is 62.2 Å². The summed E-state index contributed by atoms with van der Waals surface area (Å²) >= 11 is 6.25. The number of carbonyl (C=O) groups excluding carboxylic acids is 3. The Hall–Kier alpha value is -3.90. The van der Waals surface area contributed by atoms with Crippen LogP contribution in [0.3, 0.4) is 0 Å². The van der Waals surface area contributed by atoms with Crippen LogP contribution in [0.15, 0.2) is 83.5 Å². The average molecular weight is 489 g/mol. The van der Waals surface area contributed by atoms with E-state index < -0.39 is 17.8 Å². The molecule has 0 bridgehead atoms. The molecule has 1 heterocycles. The largest absolute Gasteiger partial charge is 0.423 e. The van der Waals surface area contributed by atoms with Crippen LogP contribution in [0.4, 0.5) is 11.4 Å². The van der Waals surface area contributed by atoms with E-state index in [4.69, 9.17) is 16.3 Å². The van der Waals surface area contributed by atoms with Crippen LogP contribution in [-0.4, -0.2) is 17.8 Å². The molecule has 178 valence electrons. The molecule has 7 heteroatoms. The Morgan fingerprint density at radius 2 is 1.60 bits per heavy atom. The lowest BCUT2D eigenvalue weighted by atomic mass is 10.1. The molecular weight excluding hydrogens is 464 g/mol. The zero-order chi connectivity index (χ0) is 24.9. The predicted molar refractivity (Wildman–Crippen MR) is 137 cm³/mol. The molecule has 0 radical (unpaired) electrons. The van der Waals surface area contributed by atoms with Gasteiger partial charge in [0.25, 0.3) is 11.8 Å². The first-order chi connectivity index (χ1) is 16.9. The van der Waals surface area contributed by atoms with Gasteiger partial charge in [0, 0.05) is 5.69 Å². The second kappa shape index (κ2) is 10.6. The summed E-state index contributed by atoms with van der Waals surface area (Å²) in [7, 11) is 0. The van der Waals surface area contributed by atoms with Crippen LogP contribution in [-0.2, 0) is 22.4 Å². The van der Waals surface area contributed by atoms with Crippen molar-refractivity contribution in [2.45, 2.75) is 33.1 Å². The second-order valence-corrected chi connectivity index (χ2v) is 8.48. The van der Waals surface area contributed by atoms with Crippen LogP contribution in [0.25, 0.3) is 0 Å². The van der Waals surface area contributed by atoms with E-state index >= 15 is 0 Å². The molecule has 1 aliphatic rings. The number of nitrogens with one attached hydrogen (secondary N) is 1. The number of carbonyl (C=O) groups is 3. The van der Waals surface area contributed by atoms with Crippen molar-refractivity contribution in [1.29, 1.82) is 0 Å². The lowest BCUT2D eigenvalue weighted by Crippen LogP contribution is -2.33. The second-order valence-electron chi connectivity index (χ2n) is 8.10. The minimum Gasteiger partial charge on any atom is -0.423 e. The number of ether oxygens (including phenoxy) is 1. The Labute approximate surface area is 209 Å². The van der Waals surface area contributed by atoms with Crippen LogP contribution in [0.2, 0.25) is 0 Å². The molecule has 6 nitrogen and oxygen atoms in total. The highest BCUT2D eigenvalue weighted by atomic mass is 35.5. The molecule has 1 aliphatic heterocycles. The SMILES string of the molecule is CCCc1ccc(OC(=O)c2ccc(NC3=C(Cl)C(=O)N(c4ccccc4CC)C3=O)cc2)cc1. The summed E-state index contributed by atoms with van der Waals surface area (Å²) in [5, 5.41) is 2.74. The van der Waals surface area contributed by atoms with Gasteiger partial charge >= 0.3 is 5.97 Å². The zero-order valence-corrected chi connectivity index (χ0v) is 20.3. The number of halogens is 1. The van der Waals surface area contributed by atoms with E-state index in [2.05, 4.69) is 12.2 Å². The van der Waals surface area contributed by atoms with E-state index in [9.17, 15) is 14.4 Å². The molecule has 0 fully saturated rings. The molecule has 1 N–H and O–H groups in total. The Morgan fingerprint density at radius 3 is 2.26 bits per heavy atom. The molecule has 0 atom stereocenters. The average Bonchev–Trinajstić information content (AvgIpc) is 3.08. The first kappa shape index (κ1) is 24.2. The maximum absolute atomic E-state index is 13.1. The Morgan fingerprint density at radius 1 is 0.914 bits per heavy atom. The molecule has 2 amide bonds. The number of anilines is 2. The van der Waals surface area contributed by atoms with Gasteiger partial charge in [-0.25, -0.2) is 9.69 Å². The summed E-state index contributed by atoms with van der Waals surface area (Å²) in [5.74, 6) is -1.14. The topological polar surface area (TPSA) is 75.7 Å². The fraction of sp³-hybridized carbons (Fsp3) is 0.179. The number of hydrogen-bond donors (Lipinski definition) is 1. The number of imide groups is 1. The molecule has 4 rings (SSSR count). The maximum atomic E-state index is 13.1. The van der Waals surface area contributed by atoms with Gasteiger partial charge in [0.1, 0.15) is 16.5 Å². The minimum absolute atomic E-state index is 0.00920. The number of hydrogen-bond acceptors (Lipinski definition) is 5. The highest BCUT2D eigenvalue weighted by molar-refractivity contribution is 6.53.